The highest BCUT2D eigenvalue weighted by molar-refractivity contribution is 5.69. The number of hydrogen-bond acceptors (Lipinski definition) is 5. The van der Waals surface area contributed by atoms with Gasteiger partial charge in [0, 0.05) is 13.0 Å². The first kappa shape index (κ1) is 11.4. The molecule has 0 aliphatic rings. The Morgan fingerprint density at radius 1 is 1.67 bits per heavy atom. The second-order valence-electron chi connectivity index (χ2n) is 2.97. The lowest BCUT2D eigenvalue weighted by Crippen LogP contribution is -2.05. The molecule has 0 bridgehead atoms. The van der Waals surface area contributed by atoms with Crippen molar-refractivity contribution in [2.75, 3.05) is 6.61 Å². The minimum absolute atomic E-state index is 0.158. The van der Waals surface area contributed by atoms with Gasteiger partial charge < -0.3 is 9.30 Å². The summed E-state index contributed by atoms with van der Waals surface area (Å²) in [6, 6.07) is 0. The van der Waals surface area contributed by atoms with Gasteiger partial charge in [-0.25, -0.2) is 4.98 Å². The van der Waals surface area contributed by atoms with E-state index in [4.69, 9.17) is 4.74 Å². The lowest BCUT2D eigenvalue weighted by molar-refractivity contribution is -0.143. The zero-order valence-corrected chi connectivity index (χ0v) is 8.55. The number of aryl methyl sites for hydroxylation is 1. The topological polar surface area (TPSA) is 73.6 Å². The van der Waals surface area contributed by atoms with Crippen molar-refractivity contribution in [3.05, 3.63) is 17.4 Å². The zero-order valence-electron chi connectivity index (χ0n) is 8.55. The third kappa shape index (κ3) is 3.88. The van der Waals surface area contributed by atoms with Crippen LogP contribution < -0.4 is 0 Å². The molecule has 0 N–H and O–H groups in total. The number of hydrogen-bond donors (Lipinski definition) is 0. The van der Waals surface area contributed by atoms with Crippen LogP contribution in [-0.4, -0.2) is 22.1 Å². The van der Waals surface area contributed by atoms with Crippen molar-refractivity contribution in [3.8, 4) is 0 Å². The third-order valence-corrected chi connectivity index (χ3v) is 1.82. The van der Waals surface area contributed by atoms with Crippen LogP contribution in [0.5, 0.6) is 0 Å². The summed E-state index contributed by atoms with van der Waals surface area (Å²) in [5.41, 5.74) is 0. The van der Waals surface area contributed by atoms with Gasteiger partial charge in [-0.05, 0) is 18.5 Å². The average Bonchev–Trinajstić information content (AvgIpc) is 2.66. The Morgan fingerprint density at radius 3 is 3.07 bits per heavy atom. The van der Waals surface area contributed by atoms with E-state index in [0.717, 1.165) is 0 Å². The predicted octanol–water partition coefficient (Wildman–Crippen LogP) is 1.62. The maximum Gasteiger partial charge on any atom is 0.305 e. The molecule has 0 aromatic carbocycles. The number of rotatable bonds is 6. The van der Waals surface area contributed by atoms with Crippen LogP contribution in [-0.2, 0) is 16.1 Å². The number of carbonyl (C=O) groups is 1. The van der Waals surface area contributed by atoms with Gasteiger partial charge >= 0.3 is 5.97 Å². The first-order valence-corrected chi connectivity index (χ1v) is 4.77. The van der Waals surface area contributed by atoms with Gasteiger partial charge in [0.05, 0.1) is 19.1 Å². The highest BCUT2D eigenvalue weighted by atomic mass is 16.5. The standard InChI is InChI=1S/C9H13N3O3/c1-2-15-9(13)4-3-5-12-6-8(11-14)10-7-12/h6-7H,2-5H2,1H3. The summed E-state index contributed by atoms with van der Waals surface area (Å²) in [6.07, 6.45) is 4.09. The molecular weight excluding hydrogens is 198 g/mol. The summed E-state index contributed by atoms with van der Waals surface area (Å²) >= 11 is 0. The number of imidazole rings is 1. The van der Waals surface area contributed by atoms with Crippen LogP contribution in [0, 0.1) is 4.91 Å². The van der Waals surface area contributed by atoms with Gasteiger partial charge in [0.2, 0.25) is 5.82 Å². The van der Waals surface area contributed by atoms with E-state index in [9.17, 15) is 9.70 Å². The molecule has 6 nitrogen and oxygen atoms in total. The van der Waals surface area contributed by atoms with E-state index in [-0.39, 0.29) is 11.8 Å². The molecule has 1 aromatic rings. The van der Waals surface area contributed by atoms with Crippen molar-refractivity contribution >= 4 is 11.8 Å². The summed E-state index contributed by atoms with van der Waals surface area (Å²) in [5, 5.41) is 2.69. The van der Waals surface area contributed by atoms with Gasteiger partial charge in [0.15, 0.2) is 0 Å². The summed E-state index contributed by atoms with van der Waals surface area (Å²) in [4.78, 5) is 24.8. The molecule has 1 aromatic heterocycles. The molecule has 0 amide bonds. The Hall–Kier alpha value is -1.72. The minimum atomic E-state index is -0.202. The molecule has 1 rings (SSSR count). The van der Waals surface area contributed by atoms with Crippen LogP contribution in [0.15, 0.2) is 17.7 Å². The first-order chi connectivity index (χ1) is 7.26. The zero-order chi connectivity index (χ0) is 11.1. The quantitative estimate of drug-likeness (QED) is 0.529. The summed E-state index contributed by atoms with van der Waals surface area (Å²) in [7, 11) is 0. The van der Waals surface area contributed by atoms with Gasteiger partial charge in [-0.15, -0.1) is 4.91 Å². The summed E-state index contributed by atoms with van der Waals surface area (Å²) < 4.78 is 6.49. The predicted molar refractivity (Wildman–Crippen MR) is 53.5 cm³/mol. The number of aromatic nitrogens is 2. The number of nitroso groups, excluding NO2 is 1. The minimum Gasteiger partial charge on any atom is -0.466 e. The largest absolute Gasteiger partial charge is 0.466 e. The Balaban J connectivity index is 2.25. The highest BCUT2D eigenvalue weighted by Gasteiger charge is 2.02. The van der Waals surface area contributed by atoms with Gasteiger partial charge in [-0.2, -0.15) is 0 Å². The van der Waals surface area contributed by atoms with Gasteiger partial charge in [0.25, 0.3) is 0 Å². The van der Waals surface area contributed by atoms with Crippen molar-refractivity contribution in [1.82, 2.24) is 9.55 Å². The molecule has 0 saturated carbocycles. The van der Waals surface area contributed by atoms with E-state index < -0.39 is 0 Å². The molecule has 0 aliphatic carbocycles. The van der Waals surface area contributed by atoms with Crippen LogP contribution in [0.4, 0.5) is 5.82 Å². The lowest BCUT2D eigenvalue weighted by atomic mass is 10.3. The smallest absolute Gasteiger partial charge is 0.305 e. The Labute approximate surface area is 87.2 Å². The van der Waals surface area contributed by atoms with Gasteiger partial charge in [-0.3, -0.25) is 4.79 Å². The number of esters is 1. The van der Waals surface area contributed by atoms with Crippen molar-refractivity contribution in [2.24, 2.45) is 5.18 Å². The SMILES string of the molecule is CCOC(=O)CCCn1cnc(N=O)c1. The third-order valence-electron chi connectivity index (χ3n) is 1.82. The van der Waals surface area contributed by atoms with Crippen molar-refractivity contribution in [3.63, 3.8) is 0 Å². The molecule has 0 atom stereocenters. The second-order valence-corrected chi connectivity index (χ2v) is 2.97. The number of nitrogens with zero attached hydrogens (tertiary/aromatic N) is 3. The molecule has 0 radical (unpaired) electrons. The van der Waals surface area contributed by atoms with Crippen molar-refractivity contribution in [1.29, 1.82) is 0 Å². The fraction of sp³-hybridized carbons (Fsp3) is 0.556. The first-order valence-electron chi connectivity index (χ1n) is 4.77. The van der Waals surface area contributed by atoms with E-state index in [2.05, 4.69) is 10.2 Å². The molecule has 0 spiro atoms. The van der Waals surface area contributed by atoms with Gasteiger partial charge in [-0.1, -0.05) is 0 Å². The Kier molecular flexibility index (Phi) is 4.46. The summed E-state index contributed by atoms with van der Waals surface area (Å²) in [6.45, 7) is 2.81. The molecule has 15 heavy (non-hydrogen) atoms. The number of carbonyl (C=O) groups excluding carboxylic acids is 1. The number of ether oxygens (including phenoxy) is 1. The van der Waals surface area contributed by atoms with Gasteiger partial charge in [0.1, 0.15) is 0 Å². The fourth-order valence-corrected chi connectivity index (χ4v) is 1.16. The lowest BCUT2D eigenvalue weighted by Gasteiger charge is -2.02. The van der Waals surface area contributed by atoms with Crippen LogP contribution >= 0.6 is 0 Å². The monoisotopic (exact) mass is 211 g/mol. The Morgan fingerprint density at radius 2 is 2.47 bits per heavy atom. The average molecular weight is 211 g/mol. The van der Waals surface area contributed by atoms with E-state index in [0.29, 0.717) is 26.0 Å². The normalized spacial score (nSPS) is 9.93. The fourth-order valence-electron chi connectivity index (χ4n) is 1.16. The molecule has 82 valence electrons. The molecular formula is C9H13N3O3. The maximum atomic E-state index is 11.0. The van der Waals surface area contributed by atoms with E-state index >= 15 is 0 Å². The second kappa shape index (κ2) is 5.90. The maximum absolute atomic E-state index is 11.0. The van der Waals surface area contributed by atoms with Crippen LogP contribution in [0.3, 0.4) is 0 Å². The Bertz CT molecular complexity index is 335. The van der Waals surface area contributed by atoms with Crippen LogP contribution in [0.2, 0.25) is 0 Å². The van der Waals surface area contributed by atoms with Crippen LogP contribution in [0.1, 0.15) is 19.8 Å². The molecule has 6 heteroatoms. The highest BCUT2D eigenvalue weighted by Crippen LogP contribution is 2.07. The molecule has 0 unspecified atom stereocenters. The molecule has 1 heterocycles. The van der Waals surface area contributed by atoms with Crippen LogP contribution in [0.25, 0.3) is 0 Å². The molecule has 0 aliphatic heterocycles. The van der Waals surface area contributed by atoms with Crippen molar-refractivity contribution in [2.45, 2.75) is 26.3 Å². The van der Waals surface area contributed by atoms with E-state index in [1.165, 1.54) is 12.5 Å². The van der Waals surface area contributed by atoms with Crippen molar-refractivity contribution < 1.29 is 9.53 Å². The molecule has 0 fully saturated rings. The molecule has 0 saturated heterocycles. The van der Waals surface area contributed by atoms with E-state index in [1.807, 2.05) is 0 Å². The van der Waals surface area contributed by atoms with E-state index in [1.54, 1.807) is 11.5 Å². The summed E-state index contributed by atoms with van der Waals surface area (Å²) in [5.74, 6) is -0.0440.